The Balaban J connectivity index is 0.000000257. The number of hydrogen-bond donors (Lipinski definition) is 0. The Labute approximate surface area is 160 Å². The largest absolute Gasteiger partial charge is 0.464 e. The molecule has 0 unspecified atom stereocenters. The van der Waals surface area contributed by atoms with Gasteiger partial charge >= 0.3 is 11.9 Å². The molecular formula is C18H17IN2O4. The van der Waals surface area contributed by atoms with E-state index in [0.29, 0.717) is 5.69 Å². The second kappa shape index (κ2) is 11.1. The van der Waals surface area contributed by atoms with Gasteiger partial charge in [0.15, 0.2) is 0 Å². The summed E-state index contributed by atoms with van der Waals surface area (Å²) in [5.41, 5.74) is 1.41. The van der Waals surface area contributed by atoms with Crippen LogP contribution in [0.5, 0.6) is 0 Å². The van der Waals surface area contributed by atoms with Gasteiger partial charge in [-0.2, -0.15) is 0 Å². The van der Waals surface area contributed by atoms with Crippen molar-refractivity contribution in [3.8, 4) is 11.8 Å². The third kappa shape index (κ3) is 7.30. The van der Waals surface area contributed by atoms with Gasteiger partial charge in [0.1, 0.15) is 11.4 Å². The Morgan fingerprint density at radius 1 is 1.04 bits per heavy atom. The molecule has 0 aliphatic carbocycles. The molecule has 0 N–H and O–H groups in total. The van der Waals surface area contributed by atoms with E-state index in [9.17, 15) is 9.59 Å². The summed E-state index contributed by atoms with van der Waals surface area (Å²) in [5.74, 6) is 5.00. The maximum absolute atomic E-state index is 11.1. The summed E-state index contributed by atoms with van der Waals surface area (Å²) >= 11 is 2.11. The SMILES string of the molecule is CCC#Cc1ccnc(C(=O)OC)c1.COC(=O)c1cc(I)ccn1. The van der Waals surface area contributed by atoms with Crippen LogP contribution in [0.2, 0.25) is 0 Å². The van der Waals surface area contributed by atoms with E-state index in [2.05, 4.69) is 53.9 Å². The first-order valence-corrected chi connectivity index (χ1v) is 8.32. The highest BCUT2D eigenvalue weighted by molar-refractivity contribution is 14.1. The molecular weight excluding hydrogens is 435 g/mol. The van der Waals surface area contributed by atoms with Crippen LogP contribution in [0.4, 0.5) is 0 Å². The minimum absolute atomic E-state index is 0.287. The first kappa shape index (κ1) is 20.6. The standard InChI is InChI=1S/C11H11NO2.C7H6INO2/c1-3-4-5-9-6-7-12-10(8-9)11(13)14-2;1-11-7(10)6-4-5(8)2-3-9-6/h6-8H,3H2,1-2H3;2-4H,1H3. The van der Waals surface area contributed by atoms with Crippen molar-refractivity contribution in [3.63, 3.8) is 0 Å². The fourth-order valence-electron chi connectivity index (χ4n) is 1.54. The van der Waals surface area contributed by atoms with Crippen molar-refractivity contribution in [2.75, 3.05) is 14.2 Å². The number of hydrogen-bond acceptors (Lipinski definition) is 6. The molecule has 2 heterocycles. The zero-order valence-electron chi connectivity index (χ0n) is 14.1. The van der Waals surface area contributed by atoms with Crippen LogP contribution >= 0.6 is 22.6 Å². The molecule has 0 fully saturated rings. The second-order valence-corrected chi connectivity index (χ2v) is 5.67. The lowest BCUT2D eigenvalue weighted by atomic mass is 10.2. The predicted molar refractivity (Wildman–Crippen MR) is 101 cm³/mol. The predicted octanol–water partition coefficient (Wildman–Crippen LogP) is 3.10. The number of halogens is 1. The molecule has 7 heteroatoms. The van der Waals surface area contributed by atoms with Gasteiger partial charge < -0.3 is 9.47 Å². The van der Waals surface area contributed by atoms with Gasteiger partial charge in [-0.1, -0.05) is 18.8 Å². The Kier molecular flexibility index (Phi) is 9.17. The van der Waals surface area contributed by atoms with E-state index in [-0.39, 0.29) is 5.69 Å². The Morgan fingerprint density at radius 2 is 1.60 bits per heavy atom. The molecule has 0 aliphatic heterocycles. The van der Waals surface area contributed by atoms with Gasteiger partial charge in [-0.3, -0.25) is 0 Å². The number of aromatic nitrogens is 2. The smallest absolute Gasteiger partial charge is 0.356 e. The Bertz CT molecular complexity index is 797. The molecule has 0 radical (unpaired) electrons. The summed E-state index contributed by atoms with van der Waals surface area (Å²) in [4.78, 5) is 29.7. The minimum Gasteiger partial charge on any atom is -0.464 e. The molecule has 6 nitrogen and oxygen atoms in total. The van der Waals surface area contributed by atoms with Crippen molar-refractivity contribution in [2.24, 2.45) is 0 Å². The summed E-state index contributed by atoms with van der Waals surface area (Å²) in [6, 6.07) is 6.86. The van der Waals surface area contributed by atoms with Crippen molar-refractivity contribution in [1.82, 2.24) is 9.97 Å². The van der Waals surface area contributed by atoms with Crippen LogP contribution in [-0.2, 0) is 9.47 Å². The number of rotatable bonds is 2. The van der Waals surface area contributed by atoms with Crippen LogP contribution in [-0.4, -0.2) is 36.1 Å². The molecule has 0 atom stereocenters. The van der Waals surface area contributed by atoms with Gasteiger partial charge in [0, 0.05) is 27.9 Å². The molecule has 0 spiro atoms. The molecule has 2 aromatic heterocycles. The van der Waals surface area contributed by atoms with Crippen molar-refractivity contribution in [2.45, 2.75) is 13.3 Å². The summed E-state index contributed by atoms with van der Waals surface area (Å²) in [7, 11) is 2.66. The molecule has 130 valence electrons. The number of carbonyl (C=O) groups is 2. The van der Waals surface area contributed by atoms with Crippen molar-refractivity contribution in [1.29, 1.82) is 0 Å². The maximum atomic E-state index is 11.1. The van der Waals surface area contributed by atoms with Gasteiger partial charge in [0.2, 0.25) is 0 Å². The highest BCUT2D eigenvalue weighted by Gasteiger charge is 2.06. The lowest BCUT2D eigenvalue weighted by Gasteiger charge is -1.97. The van der Waals surface area contributed by atoms with Crippen molar-refractivity contribution < 1.29 is 19.1 Å². The highest BCUT2D eigenvalue weighted by Crippen LogP contribution is 2.05. The summed E-state index contributed by atoms with van der Waals surface area (Å²) in [6.45, 7) is 1.97. The van der Waals surface area contributed by atoms with Crippen LogP contribution in [0.15, 0.2) is 36.7 Å². The monoisotopic (exact) mass is 452 g/mol. The number of nitrogens with zero attached hydrogens (tertiary/aromatic N) is 2. The van der Waals surface area contributed by atoms with Crippen LogP contribution in [0.1, 0.15) is 39.9 Å². The van der Waals surface area contributed by atoms with Crippen LogP contribution in [0, 0.1) is 15.4 Å². The third-order valence-corrected chi connectivity index (χ3v) is 3.35. The molecule has 0 aromatic carbocycles. The topological polar surface area (TPSA) is 78.4 Å². The number of methoxy groups -OCH3 is 2. The van der Waals surface area contributed by atoms with Crippen LogP contribution < -0.4 is 0 Å². The number of carbonyl (C=O) groups excluding carboxylic acids is 2. The first-order valence-electron chi connectivity index (χ1n) is 7.24. The van der Waals surface area contributed by atoms with E-state index in [1.54, 1.807) is 30.6 Å². The zero-order chi connectivity index (χ0) is 18.7. The molecule has 25 heavy (non-hydrogen) atoms. The zero-order valence-corrected chi connectivity index (χ0v) is 16.2. The minimum atomic E-state index is -0.440. The van der Waals surface area contributed by atoms with Gasteiger partial charge in [0.25, 0.3) is 0 Å². The van der Waals surface area contributed by atoms with Crippen molar-refractivity contribution >= 4 is 34.5 Å². The van der Waals surface area contributed by atoms with Crippen LogP contribution in [0.25, 0.3) is 0 Å². The summed E-state index contributed by atoms with van der Waals surface area (Å²) < 4.78 is 10.0. The van der Waals surface area contributed by atoms with E-state index in [4.69, 9.17) is 0 Å². The fraction of sp³-hybridized carbons (Fsp3) is 0.222. The normalized spacial score (nSPS) is 8.96. The molecule has 0 amide bonds. The lowest BCUT2D eigenvalue weighted by Crippen LogP contribution is -2.03. The van der Waals surface area contributed by atoms with E-state index in [1.165, 1.54) is 14.2 Å². The van der Waals surface area contributed by atoms with E-state index >= 15 is 0 Å². The third-order valence-electron chi connectivity index (χ3n) is 2.68. The highest BCUT2D eigenvalue weighted by atomic mass is 127. The number of esters is 2. The van der Waals surface area contributed by atoms with Gasteiger partial charge in [-0.05, 0) is 46.9 Å². The van der Waals surface area contributed by atoms with E-state index < -0.39 is 11.9 Å². The van der Waals surface area contributed by atoms with Gasteiger partial charge in [-0.25, -0.2) is 19.6 Å². The van der Waals surface area contributed by atoms with Crippen molar-refractivity contribution in [3.05, 3.63) is 57.2 Å². The molecule has 2 rings (SSSR count). The van der Waals surface area contributed by atoms with Crippen LogP contribution in [0.3, 0.4) is 0 Å². The van der Waals surface area contributed by atoms with Gasteiger partial charge in [-0.15, -0.1) is 0 Å². The number of ether oxygens (including phenoxy) is 2. The maximum Gasteiger partial charge on any atom is 0.356 e. The Morgan fingerprint density at radius 3 is 2.12 bits per heavy atom. The molecule has 2 aromatic rings. The number of pyridine rings is 2. The summed E-state index contributed by atoms with van der Waals surface area (Å²) in [6.07, 6.45) is 3.91. The van der Waals surface area contributed by atoms with E-state index in [1.807, 2.05) is 13.0 Å². The Hall–Kier alpha value is -2.47. The molecule has 0 bridgehead atoms. The summed E-state index contributed by atoms with van der Waals surface area (Å²) in [5, 5.41) is 0. The van der Waals surface area contributed by atoms with Gasteiger partial charge in [0.05, 0.1) is 14.2 Å². The molecule has 0 aliphatic rings. The van der Waals surface area contributed by atoms with E-state index in [0.717, 1.165) is 15.6 Å². The second-order valence-electron chi connectivity index (χ2n) is 4.43. The average Bonchev–Trinajstić information content (AvgIpc) is 2.65. The fourth-order valence-corrected chi connectivity index (χ4v) is 1.99. The quantitative estimate of drug-likeness (QED) is 0.396. The lowest BCUT2D eigenvalue weighted by molar-refractivity contribution is 0.0585. The average molecular weight is 452 g/mol. The first-order chi connectivity index (χ1) is 12.0. The molecule has 0 saturated carbocycles. The molecule has 0 saturated heterocycles.